The highest BCUT2D eigenvalue weighted by Crippen LogP contribution is 2.28. The molecule has 1 heterocycles. The number of nitrogens with zero attached hydrogens (tertiary/aromatic N) is 1. The largest absolute Gasteiger partial charge is 0.573 e. The molecule has 1 aliphatic heterocycles. The Morgan fingerprint density at radius 2 is 1.93 bits per heavy atom. The van der Waals surface area contributed by atoms with Gasteiger partial charge in [-0.15, -0.1) is 25.8 Å². The van der Waals surface area contributed by atoms with E-state index in [0.29, 0.717) is 13.0 Å². The van der Waals surface area contributed by atoms with E-state index in [2.05, 4.69) is 46.3 Å². The molecule has 0 saturated carbocycles. The average Bonchev–Trinajstić information content (AvgIpc) is 2.60. The summed E-state index contributed by atoms with van der Waals surface area (Å²) >= 11 is 4.53. The van der Waals surface area contributed by atoms with Crippen molar-refractivity contribution >= 4 is 12.6 Å². The Morgan fingerprint density at radius 3 is 2.57 bits per heavy atom. The summed E-state index contributed by atoms with van der Waals surface area (Å²) in [5.74, 6) is -0.153. The lowest BCUT2D eigenvalue weighted by Crippen LogP contribution is -2.30. The SMILES string of the molecule is C=C(C)NC(S)c1ccc(CN2CCc3cc(OC(F)(F)F)ccc3C2)cc1. The molecule has 7 heteroatoms. The topological polar surface area (TPSA) is 24.5 Å². The molecule has 2 aromatic carbocycles. The van der Waals surface area contributed by atoms with Gasteiger partial charge < -0.3 is 10.1 Å². The smallest absolute Gasteiger partial charge is 0.406 e. The monoisotopic (exact) mass is 408 g/mol. The highest BCUT2D eigenvalue weighted by Gasteiger charge is 2.31. The van der Waals surface area contributed by atoms with Crippen LogP contribution in [0.25, 0.3) is 0 Å². The number of hydrogen-bond acceptors (Lipinski definition) is 4. The van der Waals surface area contributed by atoms with Crippen molar-refractivity contribution in [2.75, 3.05) is 6.54 Å². The summed E-state index contributed by atoms with van der Waals surface area (Å²) in [7, 11) is 0. The molecule has 0 bridgehead atoms. The minimum atomic E-state index is -4.66. The van der Waals surface area contributed by atoms with Crippen LogP contribution >= 0.6 is 12.6 Å². The van der Waals surface area contributed by atoms with Crippen molar-refractivity contribution in [3.05, 3.63) is 77.0 Å². The van der Waals surface area contributed by atoms with Crippen molar-refractivity contribution in [2.24, 2.45) is 0 Å². The third-order valence-electron chi connectivity index (χ3n) is 4.59. The summed E-state index contributed by atoms with van der Waals surface area (Å²) in [6.45, 7) is 8.00. The molecule has 1 atom stereocenters. The first-order valence-electron chi connectivity index (χ1n) is 8.98. The van der Waals surface area contributed by atoms with Gasteiger partial charge in [0, 0.05) is 25.3 Å². The Balaban J connectivity index is 1.61. The van der Waals surface area contributed by atoms with Gasteiger partial charge in [-0.2, -0.15) is 0 Å². The summed E-state index contributed by atoms with van der Waals surface area (Å²) in [6, 6.07) is 12.8. The maximum atomic E-state index is 12.4. The molecule has 0 aromatic heterocycles. The molecule has 1 unspecified atom stereocenters. The van der Waals surface area contributed by atoms with Gasteiger partial charge in [0.25, 0.3) is 0 Å². The molecule has 0 amide bonds. The summed E-state index contributed by atoms with van der Waals surface area (Å²) in [5.41, 5.74) is 5.06. The Bertz CT molecular complexity index is 837. The number of ether oxygens (including phenoxy) is 1. The van der Waals surface area contributed by atoms with Gasteiger partial charge in [0.15, 0.2) is 0 Å². The van der Waals surface area contributed by atoms with Crippen molar-refractivity contribution in [3.8, 4) is 5.75 Å². The van der Waals surface area contributed by atoms with Crippen LogP contribution in [0.1, 0.15) is 34.6 Å². The number of rotatable bonds is 6. The van der Waals surface area contributed by atoms with Crippen LogP contribution in [0.5, 0.6) is 5.75 Å². The van der Waals surface area contributed by atoms with E-state index in [0.717, 1.165) is 35.5 Å². The fourth-order valence-electron chi connectivity index (χ4n) is 3.30. The van der Waals surface area contributed by atoms with Crippen LogP contribution in [0.3, 0.4) is 0 Å². The quantitative estimate of drug-likeness (QED) is 0.508. The Hall–Kier alpha value is -2.12. The van der Waals surface area contributed by atoms with E-state index in [1.54, 1.807) is 6.07 Å². The van der Waals surface area contributed by atoms with Crippen LogP contribution in [-0.2, 0) is 19.5 Å². The lowest BCUT2D eigenvalue weighted by Gasteiger charge is -2.29. The fourth-order valence-corrected chi connectivity index (χ4v) is 3.69. The lowest BCUT2D eigenvalue weighted by atomic mass is 9.99. The number of halogens is 3. The Kier molecular flexibility index (Phi) is 6.25. The van der Waals surface area contributed by atoms with Gasteiger partial charge in [-0.05, 0) is 47.7 Å². The highest BCUT2D eigenvalue weighted by molar-refractivity contribution is 7.80. The van der Waals surface area contributed by atoms with E-state index in [9.17, 15) is 13.2 Å². The second kappa shape index (κ2) is 8.49. The van der Waals surface area contributed by atoms with Crippen molar-refractivity contribution in [2.45, 2.75) is 38.2 Å². The molecule has 0 fully saturated rings. The number of alkyl halides is 3. The molecule has 0 saturated heterocycles. The van der Waals surface area contributed by atoms with Crippen LogP contribution in [0.4, 0.5) is 13.2 Å². The van der Waals surface area contributed by atoms with Gasteiger partial charge >= 0.3 is 6.36 Å². The molecule has 150 valence electrons. The first-order valence-corrected chi connectivity index (χ1v) is 9.50. The van der Waals surface area contributed by atoms with Crippen LogP contribution in [-0.4, -0.2) is 17.8 Å². The predicted octanol–water partition coefficient (Wildman–Crippen LogP) is 5.20. The second-order valence-electron chi connectivity index (χ2n) is 7.01. The van der Waals surface area contributed by atoms with Gasteiger partial charge in [0.05, 0.1) is 5.37 Å². The molecular formula is C21H23F3N2OS. The van der Waals surface area contributed by atoms with Crippen LogP contribution in [0, 0.1) is 0 Å². The van der Waals surface area contributed by atoms with E-state index >= 15 is 0 Å². The third-order valence-corrected chi connectivity index (χ3v) is 5.01. The van der Waals surface area contributed by atoms with E-state index in [4.69, 9.17) is 0 Å². The predicted molar refractivity (Wildman–Crippen MR) is 107 cm³/mol. The number of hydrogen-bond donors (Lipinski definition) is 2. The molecule has 3 nitrogen and oxygen atoms in total. The summed E-state index contributed by atoms with van der Waals surface area (Å²) in [4.78, 5) is 2.28. The van der Waals surface area contributed by atoms with Gasteiger partial charge in [-0.25, -0.2) is 0 Å². The van der Waals surface area contributed by atoms with Gasteiger partial charge in [-0.1, -0.05) is 36.9 Å². The molecule has 0 aliphatic carbocycles. The number of fused-ring (bicyclic) bond motifs is 1. The molecule has 1 aliphatic rings. The minimum absolute atomic E-state index is 0.0958. The lowest BCUT2D eigenvalue weighted by molar-refractivity contribution is -0.274. The normalized spacial score (nSPS) is 15.6. The molecule has 1 N–H and O–H groups in total. The van der Waals surface area contributed by atoms with Crippen LogP contribution < -0.4 is 10.1 Å². The van der Waals surface area contributed by atoms with Crippen molar-refractivity contribution in [1.29, 1.82) is 0 Å². The molecule has 0 spiro atoms. The zero-order chi connectivity index (χ0) is 20.3. The molecule has 2 aromatic rings. The van der Waals surface area contributed by atoms with Gasteiger partial charge in [0.2, 0.25) is 0 Å². The maximum Gasteiger partial charge on any atom is 0.573 e. The van der Waals surface area contributed by atoms with E-state index in [1.807, 2.05) is 19.1 Å². The van der Waals surface area contributed by atoms with Crippen LogP contribution in [0.15, 0.2) is 54.7 Å². The number of thiol groups is 1. The molecule has 0 radical (unpaired) electrons. The van der Waals surface area contributed by atoms with Gasteiger partial charge in [0.1, 0.15) is 5.75 Å². The number of allylic oxidation sites excluding steroid dienone is 1. The third kappa shape index (κ3) is 5.69. The second-order valence-corrected chi connectivity index (χ2v) is 7.52. The highest BCUT2D eigenvalue weighted by atomic mass is 32.1. The zero-order valence-electron chi connectivity index (χ0n) is 15.6. The van der Waals surface area contributed by atoms with Crippen molar-refractivity contribution in [1.82, 2.24) is 10.2 Å². The number of benzene rings is 2. The Labute approximate surface area is 168 Å². The summed E-state index contributed by atoms with van der Waals surface area (Å²) < 4.78 is 41.1. The first-order chi connectivity index (χ1) is 13.2. The van der Waals surface area contributed by atoms with Crippen LogP contribution in [0.2, 0.25) is 0 Å². The molecular weight excluding hydrogens is 385 g/mol. The average molecular weight is 408 g/mol. The molecule has 3 rings (SSSR count). The summed E-state index contributed by atoms with van der Waals surface area (Å²) in [5, 5.41) is 3.07. The molecule has 28 heavy (non-hydrogen) atoms. The Morgan fingerprint density at radius 1 is 1.21 bits per heavy atom. The van der Waals surface area contributed by atoms with E-state index in [1.165, 1.54) is 17.7 Å². The first kappa shape index (κ1) is 20.6. The summed E-state index contributed by atoms with van der Waals surface area (Å²) in [6.07, 6.45) is -3.96. The van der Waals surface area contributed by atoms with E-state index in [-0.39, 0.29) is 11.1 Å². The van der Waals surface area contributed by atoms with E-state index < -0.39 is 6.36 Å². The maximum absolute atomic E-state index is 12.4. The number of nitrogens with one attached hydrogen (secondary N) is 1. The van der Waals surface area contributed by atoms with Gasteiger partial charge in [-0.3, -0.25) is 4.90 Å². The fraction of sp³-hybridized carbons (Fsp3) is 0.333. The zero-order valence-corrected chi connectivity index (χ0v) is 16.5. The standard InChI is InChI=1S/C21H23F3N2OS/c1-14(2)25-20(28)16-5-3-15(4-6-16)12-26-10-9-17-11-19(27-21(22,23)24)8-7-18(17)13-26/h3-8,11,20,25,28H,1,9-10,12-13H2,2H3. The minimum Gasteiger partial charge on any atom is -0.406 e. The van der Waals surface area contributed by atoms with Crippen molar-refractivity contribution in [3.63, 3.8) is 0 Å². The van der Waals surface area contributed by atoms with Crippen molar-refractivity contribution < 1.29 is 17.9 Å².